The predicted molar refractivity (Wildman–Crippen MR) is 108 cm³/mol. The average molecular weight is 436 g/mol. The summed E-state index contributed by atoms with van der Waals surface area (Å²) in [6.07, 6.45) is 0. The maximum Gasteiger partial charge on any atom is 0.335 e. The number of aromatic carboxylic acids is 1. The number of nitrogens with one attached hydrogen (secondary N) is 1. The third-order valence-electron chi connectivity index (χ3n) is 4.03. The molecule has 0 saturated heterocycles. The fraction of sp³-hybridized carbons (Fsp3) is 0.0500. The van der Waals surface area contributed by atoms with Crippen molar-refractivity contribution in [3.8, 4) is 16.9 Å². The number of carbonyl (C=O) groups is 1. The van der Waals surface area contributed by atoms with Crippen LogP contribution in [-0.2, 0) is 10.0 Å². The van der Waals surface area contributed by atoms with E-state index in [2.05, 4.69) is 4.72 Å². The van der Waals surface area contributed by atoms with E-state index in [-0.39, 0.29) is 21.2 Å². The lowest BCUT2D eigenvalue weighted by molar-refractivity contribution is 0.0697. The van der Waals surface area contributed by atoms with Gasteiger partial charge in [0.15, 0.2) is 0 Å². The number of carboxylic acids is 1. The van der Waals surface area contributed by atoms with Gasteiger partial charge in [0.25, 0.3) is 10.0 Å². The molecule has 9 heteroatoms. The van der Waals surface area contributed by atoms with Crippen molar-refractivity contribution in [1.82, 2.24) is 0 Å². The van der Waals surface area contributed by atoms with Crippen LogP contribution in [0.3, 0.4) is 0 Å². The minimum absolute atomic E-state index is 0.0192. The van der Waals surface area contributed by atoms with Crippen LogP contribution in [-0.4, -0.2) is 26.6 Å². The SMILES string of the molecule is COc1ccc(F)cc1-c1ccc(S(=O)(=O)Nc2cc(Cl)cc(C(=O)O)c2)cc1. The van der Waals surface area contributed by atoms with Crippen LogP contribution < -0.4 is 9.46 Å². The third-order valence-corrected chi connectivity index (χ3v) is 5.65. The molecule has 29 heavy (non-hydrogen) atoms. The van der Waals surface area contributed by atoms with Gasteiger partial charge in [-0.05, 0) is 54.1 Å². The molecule has 3 aromatic rings. The molecular weight excluding hydrogens is 421 g/mol. The lowest BCUT2D eigenvalue weighted by Gasteiger charge is -2.11. The number of hydrogen-bond acceptors (Lipinski definition) is 4. The van der Waals surface area contributed by atoms with Crippen molar-refractivity contribution in [1.29, 1.82) is 0 Å². The molecular formula is C20H15ClFNO5S. The van der Waals surface area contributed by atoms with Crippen molar-refractivity contribution in [2.45, 2.75) is 4.90 Å². The van der Waals surface area contributed by atoms with Crippen molar-refractivity contribution in [3.05, 3.63) is 77.1 Å². The van der Waals surface area contributed by atoms with Gasteiger partial charge in [-0.25, -0.2) is 17.6 Å². The summed E-state index contributed by atoms with van der Waals surface area (Å²) in [4.78, 5) is 11.1. The standard InChI is InChI=1S/C20H15ClFNO5S/c1-28-19-7-4-15(22)11-18(19)12-2-5-17(6-3-12)29(26,27)23-16-9-13(20(24)25)8-14(21)10-16/h2-11,23H,1H3,(H,24,25). The molecule has 0 aromatic heterocycles. The van der Waals surface area contributed by atoms with Crippen LogP contribution in [0.5, 0.6) is 5.75 Å². The first-order valence-corrected chi connectivity index (χ1v) is 10.1. The Bertz CT molecular complexity index is 1180. The van der Waals surface area contributed by atoms with Gasteiger partial charge in [0, 0.05) is 10.6 Å². The van der Waals surface area contributed by atoms with Crippen LogP contribution >= 0.6 is 11.6 Å². The van der Waals surface area contributed by atoms with E-state index in [1.165, 1.54) is 61.7 Å². The molecule has 0 aliphatic carbocycles. The molecule has 0 bridgehead atoms. The Morgan fingerprint density at radius 1 is 1.07 bits per heavy atom. The normalized spacial score (nSPS) is 11.1. The number of rotatable bonds is 6. The zero-order chi connectivity index (χ0) is 21.2. The number of anilines is 1. The molecule has 0 spiro atoms. The minimum Gasteiger partial charge on any atom is -0.496 e. The van der Waals surface area contributed by atoms with Gasteiger partial charge in [0.2, 0.25) is 0 Å². The zero-order valence-corrected chi connectivity index (χ0v) is 16.6. The molecule has 0 heterocycles. The first-order chi connectivity index (χ1) is 13.7. The van der Waals surface area contributed by atoms with Crippen molar-refractivity contribution >= 4 is 33.3 Å². The molecule has 0 fully saturated rings. The van der Waals surface area contributed by atoms with Crippen molar-refractivity contribution in [3.63, 3.8) is 0 Å². The number of halogens is 2. The third kappa shape index (κ3) is 4.67. The molecule has 0 amide bonds. The largest absolute Gasteiger partial charge is 0.496 e. The van der Waals surface area contributed by atoms with Gasteiger partial charge in [-0.2, -0.15) is 0 Å². The summed E-state index contributed by atoms with van der Waals surface area (Å²) in [6.45, 7) is 0. The second-order valence-corrected chi connectivity index (χ2v) is 8.13. The summed E-state index contributed by atoms with van der Waals surface area (Å²) >= 11 is 5.86. The number of hydrogen-bond donors (Lipinski definition) is 2. The monoisotopic (exact) mass is 435 g/mol. The Morgan fingerprint density at radius 2 is 1.76 bits per heavy atom. The molecule has 2 N–H and O–H groups in total. The van der Waals surface area contributed by atoms with Gasteiger partial charge < -0.3 is 9.84 Å². The minimum atomic E-state index is -4.00. The lowest BCUT2D eigenvalue weighted by atomic mass is 10.0. The fourth-order valence-electron chi connectivity index (χ4n) is 2.71. The summed E-state index contributed by atoms with van der Waals surface area (Å²) in [7, 11) is -2.55. The summed E-state index contributed by atoms with van der Waals surface area (Å²) in [5.41, 5.74) is 0.913. The molecule has 0 aliphatic rings. The number of carboxylic acid groups (broad SMARTS) is 1. The van der Waals surface area contributed by atoms with Crippen molar-refractivity contribution in [2.24, 2.45) is 0 Å². The molecule has 3 rings (SSSR count). The number of ether oxygens (including phenoxy) is 1. The van der Waals surface area contributed by atoms with Crippen LogP contribution in [0.1, 0.15) is 10.4 Å². The molecule has 0 unspecified atom stereocenters. The smallest absolute Gasteiger partial charge is 0.335 e. The molecule has 150 valence electrons. The van der Waals surface area contributed by atoms with E-state index in [0.717, 1.165) is 6.07 Å². The highest BCUT2D eigenvalue weighted by Gasteiger charge is 2.17. The van der Waals surface area contributed by atoms with E-state index in [1.807, 2.05) is 0 Å². The molecule has 0 saturated carbocycles. The second-order valence-electron chi connectivity index (χ2n) is 6.01. The lowest BCUT2D eigenvalue weighted by Crippen LogP contribution is -2.13. The van der Waals surface area contributed by atoms with Crippen molar-refractivity contribution in [2.75, 3.05) is 11.8 Å². The van der Waals surface area contributed by atoms with E-state index in [9.17, 15) is 17.6 Å². The van der Waals surface area contributed by atoms with Crippen LogP contribution in [0.4, 0.5) is 10.1 Å². The zero-order valence-electron chi connectivity index (χ0n) is 15.0. The summed E-state index contributed by atoms with van der Waals surface area (Å²) < 4.78 is 46.4. The Hall–Kier alpha value is -3.10. The van der Waals surface area contributed by atoms with E-state index in [0.29, 0.717) is 16.9 Å². The molecule has 0 atom stereocenters. The van der Waals surface area contributed by atoms with Crippen LogP contribution in [0.25, 0.3) is 11.1 Å². The Morgan fingerprint density at radius 3 is 2.38 bits per heavy atom. The van der Waals surface area contributed by atoms with Gasteiger partial charge in [-0.1, -0.05) is 23.7 Å². The van der Waals surface area contributed by atoms with E-state index < -0.39 is 21.8 Å². The highest BCUT2D eigenvalue weighted by atomic mass is 35.5. The van der Waals surface area contributed by atoms with Crippen LogP contribution in [0.15, 0.2) is 65.6 Å². The van der Waals surface area contributed by atoms with E-state index >= 15 is 0 Å². The van der Waals surface area contributed by atoms with E-state index in [4.69, 9.17) is 21.4 Å². The fourth-order valence-corrected chi connectivity index (χ4v) is 3.98. The first kappa shape index (κ1) is 20.6. The van der Waals surface area contributed by atoms with Gasteiger partial charge in [-0.3, -0.25) is 4.72 Å². The predicted octanol–water partition coefficient (Wildman–Crippen LogP) is 4.65. The number of sulfonamides is 1. The highest BCUT2D eigenvalue weighted by Crippen LogP contribution is 2.31. The van der Waals surface area contributed by atoms with Gasteiger partial charge in [0.05, 0.1) is 23.3 Å². The maximum absolute atomic E-state index is 13.6. The highest BCUT2D eigenvalue weighted by molar-refractivity contribution is 7.92. The van der Waals surface area contributed by atoms with Gasteiger partial charge in [0.1, 0.15) is 11.6 Å². The first-order valence-electron chi connectivity index (χ1n) is 8.20. The number of benzene rings is 3. The summed E-state index contributed by atoms with van der Waals surface area (Å²) in [5.74, 6) is -1.24. The van der Waals surface area contributed by atoms with Crippen molar-refractivity contribution < 1.29 is 27.4 Å². The van der Waals surface area contributed by atoms with Crippen LogP contribution in [0.2, 0.25) is 5.02 Å². The topological polar surface area (TPSA) is 92.7 Å². The summed E-state index contributed by atoms with van der Waals surface area (Å²) in [6, 6.07) is 13.5. The Kier molecular flexibility index (Phi) is 5.76. The molecule has 6 nitrogen and oxygen atoms in total. The van der Waals surface area contributed by atoms with Crippen LogP contribution in [0, 0.1) is 5.82 Å². The quantitative estimate of drug-likeness (QED) is 0.587. The number of methoxy groups -OCH3 is 1. The summed E-state index contributed by atoms with van der Waals surface area (Å²) in [5, 5.41) is 9.16. The molecule has 0 radical (unpaired) electrons. The molecule has 3 aromatic carbocycles. The Labute approximate surface area is 171 Å². The average Bonchev–Trinajstić information content (AvgIpc) is 2.67. The second kappa shape index (κ2) is 8.10. The van der Waals surface area contributed by atoms with Gasteiger partial charge >= 0.3 is 5.97 Å². The van der Waals surface area contributed by atoms with Gasteiger partial charge in [-0.15, -0.1) is 0 Å². The molecule has 0 aliphatic heterocycles. The van der Waals surface area contributed by atoms with E-state index in [1.54, 1.807) is 0 Å². The Balaban J connectivity index is 1.92. The maximum atomic E-state index is 13.6.